The maximum Gasteiger partial charge on any atom is 0.0197 e. The molecule has 3 atom stereocenters. The van der Waals surface area contributed by atoms with E-state index < -0.39 is 0 Å². The summed E-state index contributed by atoms with van der Waals surface area (Å²) in [5.41, 5.74) is 0. The Labute approximate surface area is 233 Å². The fraction of sp³-hybridized carbons (Fsp3) is 1.00. The number of hydrogen-bond acceptors (Lipinski definition) is 6. The minimum absolute atomic E-state index is 0.692. The summed E-state index contributed by atoms with van der Waals surface area (Å²) in [5, 5.41) is 3.49. The third kappa shape index (κ3) is 13.6. The average molecular weight is 525 g/mol. The van der Waals surface area contributed by atoms with Gasteiger partial charge in [-0.15, -0.1) is 0 Å². The molecule has 3 aliphatic rings. The molecule has 0 aromatic carbocycles. The lowest BCUT2D eigenvalue weighted by Crippen LogP contribution is -2.44. The summed E-state index contributed by atoms with van der Waals surface area (Å²) in [6.07, 6.45) is 3.93. The molecule has 3 heterocycles. The van der Waals surface area contributed by atoms with E-state index in [9.17, 15) is 0 Å². The van der Waals surface area contributed by atoms with Crippen molar-refractivity contribution < 1.29 is 0 Å². The van der Waals surface area contributed by atoms with Crippen LogP contribution in [0.5, 0.6) is 0 Å². The van der Waals surface area contributed by atoms with Crippen molar-refractivity contribution >= 4 is 0 Å². The summed E-state index contributed by atoms with van der Waals surface area (Å²) in [6, 6.07) is 4.94. The predicted octanol–water partition coefficient (Wildman–Crippen LogP) is 4.70. The first kappa shape index (κ1) is 34.8. The fourth-order valence-corrected chi connectivity index (χ4v) is 6.15. The molecule has 3 fully saturated rings. The van der Waals surface area contributed by atoms with Crippen molar-refractivity contribution in [3.63, 3.8) is 0 Å². The van der Waals surface area contributed by atoms with Gasteiger partial charge in [0.15, 0.2) is 0 Å². The Kier molecular flexibility index (Phi) is 17.1. The zero-order valence-electron chi connectivity index (χ0n) is 27.3. The molecule has 0 bridgehead atoms. The molecule has 3 aliphatic heterocycles. The Morgan fingerprint density at radius 1 is 0.568 bits per heavy atom. The minimum Gasteiger partial charge on any atom is -0.313 e. The van der Waals surface area contributed by atoms with Crippen LogP contribution < -0.4 is 5.32 Å². The molecule has 3 saturated heterocycles. The van der Waals surface area contributed by atoms with E-state index in [2.05, 4.69) is 113 Å². The third-order valence-corrected chi connectivity index (χ3v) is 8.55. The third-order valence-electron chi connectivity index (χ3n) is 8.55. The van der Waals surface area contributed by atoms with Crippen molar-refractivity contribution in [3.8, 4) is 0 Å². The molecule has 222 valence electrons. The van der Waals surface area contributed by atoms with Gasteiger partial charge in [-0.1, -0.05) is 0 Å². The Bertz CT molecular complexity index is 566. The number of rotatable bonds is 4. The summed E-state index contributed by atoms with van der Waals surface area (Å²) in [6.45, 7) is 36.5. The summed E-state index contributed by atoms with van der Waals surface area (Å²) >= 11 is 0. The van der Waals surface area contributed by atoms with Crippen LogP contribution in [0.15, 0.2) is 0 Å². The normalized spacial score (nSPS) is 28.4. The molecule has 0 saturated carbocycles. The zero-order chi connectivity index (χ0) is 28.1. The average Bonchev–Trinajstić information content (AvgIpc) is 3.22. The maximum atomic E-state index is 3.49. The summed E-state index contributed by atoms with van der Waals surface area (Å²) in [5.74, 6) is 0. The Morgan fingerprint density at radius 3 is 1.59 bits per heavy atom. The van der Waals surface area contributed by atoms with E-state index in [1.54, 1.807) is 0 Å². The Morgan fingerprint density at radius 2 is 1.08 bits per heavy atom. The molecule has 37 heavy (non-hydrogen) atoms. The second-order valence-corrected chi connectivity index (χ2v) is 13.2. The van der Waals surface area contributed by atoms with Crippen LogP contribution in [0.4, 0.5) is 0 Å². The molecular formula is C31H68N6. The van der Waals surface area contributed by atoms with Gasteiger partial charge in [-0.3, -0.25) is 19.6 Å². The lowest BCUT2D eigenvalue weighted by molar-refractivity contribution is 0.145. The predicted molar refractivity (Wildman–Crippen MR) is 165 cm³/mol. The molecule has 2 unspecified atom stereocenters. The quantitative estimate of drug-likeness (QED) is 0.573. The van der Waals surface area contributed by atoms with E-state index in [1.165, 1.54) is 71.6 Å². The lowest BCUT2D eigenvalue weighted by atomic mass is 10.2. The van der Waals surface area contributed by atoms with Gasteiger partial charge >= 0.3 is 0 Å². The second kappa shape index (κ2) is 18.2. The van der Waals surface area contributed by atoms with Gasteiger partial charge in [0, 0.05) is 68.5 Å². The smallest absolute Gasteiger partial charge is 0.0197 e. The molecule has 1 N–H and O–H groups in total. The Balaban J connectivity index is 0.000000280. The van der Waals surface area contributed by atoms with Crippen molar-refractivity contribution in [1.29, 1.82) is 0 Å². The molecule has 0 aromatic heterocycles. The van der Waals surface area contributed by atoms with Crippen LogP contribution in [-0.4, -0.2) is 133 Å². The molecule has 0 amide bonds. The van der Waals surface area contributed by atoms with Gasteiger partial charge in [-0.25, -0.2) is 0 Å². The van der Waals surface area contributed by atoms with Crippen molar-refractivity contribution in [2.45, 2.75) is 138 Å². The SMILES string of the molecule is CC(C)N1CCCN(C(C)C)C(C)C1.CC(C)N1CCCN(C)C[C@@H]1C.CC1CCN(C(C)C)CCN1. The monoisotopic (exact) mass is 525 g/mol. The highest BCUT2D eigenvalue weighted by Gasteiger charge is 2.24. The minimum atomic E-state index is 0.692. The maximum absolute atomic E-state index is 3.49. The molecule has 3 rings (SSSR count). The van der Waals surface area contributed by atoms with E-state index in [-0.39, 0.29) is 0 Å². The van der Waals surface area contributed by atoms with Gasteiger partial charge in [-0.05, 0) is 135 Å². The topological polar surface area (TPSA) is 28.2 Å². The second-order valence-electron chi connectivity index (χ2n) is 13.2. The zero-order valence-corrected chi connectivity index (χ0v) is 27.3. The van der Waals surface area contributed by atoms with Crippen molar-refractivity contribution in [1.82, 2.24) is 29.8 Å². The van der Waals surface area contributed by atoms with Gasteiger partial charge in [0.25, 0.3) is 0 Å². The van der Waals surface area contributed by atoms with Crippen LogP contribution in [0.3, 0.4) is 0 Å². The van der Waals surface area contributed by atoms with Gasteiger partial charge in [0.2, 0.25) is 0 Å². The molecule has 0 radical (unpaired) electrons. The number of nitrogens with one attached hydrogen (secondary N) is 1. The summed E-state index contributed by atoms with van der Waals surface area (Å²) in [7, 11) is 2.22. The summed E-state index contributed by atoms with van der Waals surface area (Å²) in [4.78, 5) is 12.8. The lowest BCUT2D eigenvalue weighted by Gasteiger charge is -2.33. The van der Waals surface area contributed by atoms with Crippen LogP contribution in [-0.2, 0) is 0 Å². The van der Waals surface area contributed by atoms with Gasteiger partial charge in [-0.2, -0.15) is 0 Å². The van der Waals surface area contributed by atoms with Crippen LogP contribution in [0.1, 0.15) is 95.4 Å². The van der Waals surface area contributed by atoms with E-state index in [0.717, 1.165) is 12.6 Å². The number of likely N-dealkylation sites (N-methyl/N-ethyl adjacent to an activating group) is 1. The first-order valence-corrected chi connectivity index (χ1v) is 15.7. The van der Waals surface area contributed by atoms with E-state index in [1.807, 2.05) is 0 Å². The highest BCUT2D eigenvalue weighted by atomic mass is 15.3. The number of nitrogens with zero attached hydrogens (tertiary/aromatic N) is 5. The van der Waals surface area contributed by atoms with E-state index in [0.29, 0.717) is 36.3 Å². The van der Waals surface area contributed by atoms with Crippen LogP contribution in [0.2, 0.25) is 0 Å². The highest BCUT2D eigenvalue weighted by Crippen LogP contribution is 2.15. The van der Waals surface area contributed by atoms with E-state index in [4.69, 9.17) is 0 Å². The Hall–Kier alpha value is -0.240. The summed E-state index contributed by atoms with van der Waals surface area (Å²) < 4.78 is 0. The molecule has 6 heteroatoms. The van der Waals surface area contributed by atoms with Crippen molar-refractivity contribution in [2.75, 3.05) is 66.0 Å². The van der Waals surface area contributed by atoms with Gasteiger partial charge in [0.05, 0.1) is 0 Å². The molecule has 0 aromatic rings. The van der Waals surface area contributed by atoms with Crippen LogP contribution >= 0.6 is 0 Å². The fourth-order valence-electron chi connectivity index (χ4n) is 6.15. The van der Waals surface area contributed by atoms with Crippen LogP contribution in [0.25, 0.3) is 0 Å². The number of hydrogen-bond donors (Lipinski definition) is 1. The molecule has 0 aliphatic carbocycles. The molecule has 0 spiro atoms. The van der Waals surface area contributed by atoms with Crippen molar-refractivity contribution in [2.24, 2.45) is 0 Å². The first-order valence-electron chi connectivity index (χ1n) is 15.7. The highest BCUT2D eigenvalue weighted by molar-refractivity contribution is 4.80. The van der Waals surface area contributed by atoms with Gasteiger partial charge < -0.3 is 10.2 Å². The van der Waals surface area contributed by atoms with E-state index >= 15 is 0 Å². The molecule has 6 nitrogen and oxygen atoms in total. The van der Waals surface area contributed by atoms with Crippen LogP contribution in [0, 0.1) is 0 Å². The van der Waals surface area contributed by atoms with Gasteiger partial charge in [0.1, 0.15) is 0 Å². The molecular weight excluding hydrogens is 456 g/mol. The standard InChI is InChI=1S/C12H26N2.C10H22N2.C9H20N2/c1-10(2)13-7-6-8-14(11(3)4)12(5)9-13;1-9(2)12-7-5-6-11(4)8-10(12)3;1-8(2)11-6-4-9(3)10-5-7-11/h10-12H,6-9H2,1-5H3;9-10H,5-8H2,1-4H3;8-10H,4-7H2,1-3H3/t;10-;/m.0./s1. The first-order chi connectivity index (χ1) is 17.3. The largest absolute Gasteiger partial charge is 0.313 e. The van der Waals surface area contributed by atoms with Crippen molar-refractivity contribution in [3.05, 3.63) is 0 Å².